The molecule has 0 fully saturated rings. The smallest absolute Gasteiger partial charge is 0.191 e. The van der Waals surface area contributed by atoms with Gasteiger partial charge in [0.2, 0.25) is 0 Å². The highest BCUT2D eigenvalue weighted by molar-refractivity contribution is 5.79. The van der Waals surface area contributed by atoms with E-state index in [9.17, 15) is 5.11 Å². The molecule has 1 atom stereocenters. The number of aliphatic hydroxyl groups is 1. The van der Waals surface area contributed by atoms with Crippen molar-refractivity contribution in [1.82, 2.24) is 10.6 Å². The van der Waals surface area contributed by atoms with E-state index in [-0.39, 0.29) is 0 Å². The van der Waals surface area contributed by atoms with Crippen LogP contribution in [0.25, 0.3) is 0 Å². The molecule has 0 aromatic heterocycles. The van der Waals surface area contributed by atoms with Gasteiger partial charge in [0, 0.05) is 25.1 Å². The third-order valence-electron chi connectivity index (χ3n) is 4.09. The highest BCUT2D eigenvalue weighted by Crippen LogP contribution is 2.21. The van der Waals surface area contributed by atoms with Crippen LogP contribution in [0.4, 0.5) is 0 Å². The summed E-state index contributed by atoms with van der Waals surface area (Å²) in [5.41, 5.74) is 3.33. The molecule has 0 aliphatic carbocycles. The molecule has 5 heteroatoms. The minimum absolute atomic E-state index is 0.437. The second kappa shape index (κ2) is 11.2. The van der Waals surface area contributed by atoms with Crippen molar-refractivity contribution in [3.63, 3.8) is 0 Å². The molecule has 0 radical (unpaired) electrons. The minimum Gasteiger partial charge on any atom is -0.494 e. The zero-order valence-electron chi connectivity index (χ0n) is 16.5. The Morgan fingerprint density at radius 2 is 1.89 bits per heavy atom. The zero-order valence-corrected chi connectivity index (χ0v) is 16.5. The molecule has 2 rings (SSSR count). The van der Waals surface area contributed by atoms with Gasteiger partial charge >= 0.3 is 0 Å². The molecule has 2 aromatic rings. The Bertz CT molecular complexity index is 717. The number of aryl methyl sites for hydroxylation is 1. The number of guanidine groups is 1. The van der Waals surface area contributed by atoms with E-state index >= 15 is 0 Å². The Balaban J connectivity index is 1.95. The Hall–Kier alpha value is -2.53. The Morgan fingerprint density at radius 1 is 1.11 bits per heavy atom. The molecule has 0 heterocycles. The fraction of sp³-hybridized carbons (Fsp3) is 0.409. The number of hydrogen-bond donors (Lipinski definition) is 3. The van der Waals surface area contributed by atoms with E-state index in [1.807, 2.05) is 50.2 Å². The lowest BCUT2D eigenvalue weighted by Crippen LogP contribution is -2.41. The maximum atomic E-state index is 10.3. The fourth-order valence-electron chi connectivity index (χ4n) is 2.76. The zero-order chi connectivity index (χ0) is 19.5. The van der Waals surface area contributed by atoms with E-state index in [1.54, 1.807) is 0 Å². The predicted octanol–water partition coefficient (Wildman–Crippen LogP) is 3.05. The topological polar surface area (TPSA) is 65.9 Å². The monoisotopic (exact) mass is 369 g/mol. The molecular formula is C22H31N3O2. The summed E-state index contributed by atoms with van der Waals surface area (Å²) in [4.78, 5) is 4.64. The third kappa shape index (κ3) is 7.31. The van der Waals surface area contributed by atoms with Gasteiger partial charge in [-0.25, -0.2) is 4.99 Å². The number of nitrogens with zero attached hydrogens (tertiary/aromatic N) is 1. The van der Waals surface area contributed by atoms with Gasteiger partial charge in [-0.15, -0.1) is 0 Å². The van der Waals surface area contributed by atoms with E-state index < -0.39 is 6.10 Å². The molecule has 5 nitrogen and oxygen atoms in total. The first kappa shape index (κ1) is 20.8. The van der Waals surface area contributed by atoms with Crippen molar-refractivity contribution in [2.75, 3.05) is 19.7 Å². The molecule has 1 unspecified atom stereocenters. The minimum atomic E-state index is -0.477. The number of rotatable bonds is 9. The van der Waals surface area contributed by atoms with E-state index in [0.29, 0.717) is 32.1 Å². The summed E-state index contributed by atoms with van der Waals surface area (Å²) in [6.07, 6.45) is 0.134. The van der Waals surface area contributed by atoms with E-state index in [4.69, 9.17) is 4.74 Å². The van der Waals surface area contributed by atoms with Gasteiger partial charge < -0.3 is 20.5 Å². The Kier molecular flexibility index (Phi) is 8.65. The van der Waals surface area contributed by atoms with Crippen LogP contribution in [-0.4, -0.2) is 36.9 Å². The molecule has 0 saturated heterocycles. The van der Waals surface area contributed by atoms with Crippen LogP contribution in [0.5, 0.6) is 5.75 Å². The van der Waals surface area contributed by atoms with Crippen LogP contribution in [0.1, 0.15) is 30.5 Å². The lowest BCUT2D eigenvalue weighted by molar-refractivity contribution is 0.177. The summed E-state index contributed by atoms with van der Waals surface area (Å²) >= 11 is 0. The van der Waals surface area contributed by atoms with Crippen LogP contribution < -0.4 is 15.4 Å². The van der Waals surface area contributed by atoms with Gasteiger partial charge in [0.1, 0.15) is 5.75 Å². The van der Waals surface area contributed by atoms with Crippen molar-refractivity contribution in [1.29, 1.82) is 0 Å². The van der Waals surface area contributed by atoms with Gasteiger partial charge in [-0.3, -0.25) is 0 Å². The van der Waals surface area contributed by atoms with Gasteiger partial charge in [0.15, 0.2) is 5.96 Å². The SMILES string of the molecule is CCNC(=NCc1ccc(C)cc1OCC)NCC(O)Cc1ccccc1. The van der Waals surface area contributed by atoms with Crippen molar-refractivity contribution >= 4 is 5.96 Å². The third-order valence-corrected chi connectivity index (χ3v) is 4.09. The van der Waals surface area contributed by atoms with E-state index in [2.05, 4.69) is 34.7 Å². The first-order valence-electron chi connectivity index (χ1n) is 9.58. The van der Waals surface area contributed by atoms with Crippen molar-refractivity contribution in [2.45, 2.75) is 39.8 Å². The summed E-state index contributed by atoms with van der Waals surface area (Å²) in [6.45, 7) is 8.39. The van der Waals surface area contributed by atoms with Gasteiger partial charge in [0.05, 0.1) is 19.3 Å². The van der Waals surface area contributed by atoms with Crippen molar-refractivity contribution in [3.8, 4) is 5.75 Å². The quantitative estimate of drug-likeness (QED) is 0.469. The molecule has 146 valence electrons. The molecule has 3 N–H and O–H groups in total. The largest absolute Gasteiger partial charge is 0.494 e. The van der Waals surface area contributed by atoms with Crippen LogP contribution >= 0.6 is 0 Å². The highest BCUT2D eigenvalue weighted by Gasteiger charge is 2.08. The molecular weight excluding hydrogens is 338 g/mol. The molecule has 0 bridgehead atoms. The molecule has 2 aromatic carbocycles. The molecule has 0 amide bonds. The molecule has 0 aliphatic rings. The van der Waals surface area contributed by atoms with Gasteiger partial charge in [-0.2, -0.15) is 0 Å². The van der Waals surface area contributed by atoms with Gasteiger partial charge in [-0.05, 0) is 38.0 Å². The molecule has 0 spiro atoms. The summed E-state index contributed by atoms with van der Waals surface area (Å²) in [7, 11) is 0. The van der Waals surface area contributed by atoms with Gasteiger partial charge in [-0.1, -0.05) is 42.5 Å². The fourth-order valence-corrected chi connectivity index (χ4v) is 2.76. The maximum Gasteiger partial charge on any atom is 0.191 e. The standard InChI is InChI=1S/C22H31N3O2/c1-4-23-22(25-16-20(26)14-18-9-7-6-8-10-18)24-15-19-12-11-17(3)13-21(19)27-5-2/h6-13,20,26H,4-5,14-16H2,1-3H3,(H2,23,24,25). The van der Waals surface area contributed by atoms with Crippen LogP contribution in [0, 0.1) is 6.92 Å². The van der Waals surface area contributed by atoms with E-state index in [1.165, 1.54) is 5.56 Å². The number of aliphatic hydroxyl groups excluding tert-OH is 1. The summed E-state index contributed by atoms with van der Waals surface area (Å²) in [5, 5.41) is 16.7. The first-order chi connectivity index (χ1) is 13.1. The lowest BCUT2D eigenvalue weighted by atomic mass is 10.1. The molecule has 27 heavy (non-hydrogen) atoms. The normalized spacial score (nSPS) is 12.5. The summed E-state index contributed by atoms with van der Waals surface area (Å²) in [5.74, 6) is 1.56. The summed E-state index contributed by atoms with van der Waals surface area (Å²) in [6, 6.07) is 16.2. The number of nitrogens with one attached hydrogen (secondary N) is 2. The Morgan fingerprint density at radius 3 is 2.59 bits per heavy atom. The van der Waals surface area contributed by atoms with Crippen molar-refractivity contribution in [3.05, 3.63) is 65.2 Å². The molecule has 0 saturated carbocycles. The average Bonchev–Trinajstić information content (AvgIpc) is 2.66. The van der Waals surface area contributed by atoms with Gasteiger partial charge in [0.25, 0.3) is 0 Å². The lowest BCUT2D eigenvalue weighted by Gasteiger charge is -2.16. The second-order valence-electron chi connectivity index (χ2n) is 6.46. The predicted molar refractivity (Wildman–Crippen MR) is 111 cm³/mol. The van der Waals surface area contributed by atoms with Crippen molar-refractivity contribution in [2.24, 2.45) is 4.99 Å². The first-order valence-corrected chi connectivity index (χ1v) is 9.58. The average molecular weight is 370 g/mol. The van der Waals surface area contributed by atoms with Crippen LogP contribution in [0.3, 0.4) is 0 Å². The Labute approximate surface area is 162 Å². The van der Waals surface area contributed by atoms with Crippen LogP contribution in [-0.2, 0) is 13.0 Å². The highest BCUT2D eigenvalue weighted by atomic mass is 16.5. The van der Waals surface area contributed by atoms with Crippen molar-refractivity contribution < 1.29 is 9.84 Å². The second-order valence-corrected chi connectivity index (χ2v) is 6.46. The van der Waals surface area contributed by atoms with Crippen LogP contribution in [0.2, 0.25) is 0 Å². The number of hydrogen-bond acceptors (Lipinski definition) is 3. The molecule has 0 aliphatic heterocycles. The number of ether oxygens (including phenoxy) is 1. The number of benzene rings is 2. The van der Waals surface area contributed by atoms with Crippen LogP contribution in [0.15, 0.2) is 53.5 Å². The maximum absolute atomic E-state index is 10.3. The number of aliphatic imine (C=N–C) groups is 1. The summed E-state index contributed by atoms with van der Waals surface area (Å²) < 4.78 is 5.72. The van der Waals surface area contributed by atoms with E-state index in [0.717, 1.165) is 23.4 Å².